The lowest BCUT2D eigenvalue weighted by Gasteiger charge is -2.43. The molecule has 0 bridgehead atoms. The summed E-state index contributed by atoms with van der Waals surface area (Å²) in [6, 6.07) is 13.4. The number of aromatic hydroxyl groups is 2. The Bertz CT molecular complexity index is 645. The van der Waals surface area contributed by atoms with E-state index in [0.29, 0.717) is 17.4 Å². The van der Waals surface area contributed by atoms with Crippen molar-refractivity contribution in [2.24, 2.45) is 0 Å². The van der Waals surface area contributed by atoms with Crippen LogP contribution >= 0.6 is 0 Å². The zero-order valence-electron chi connectivity index (χ0n) is 12.6. The highest BCUT2D eigenvalue weighted by molar-refractivity contribution is 5.45. The van der Waals surface area contributed by atoms with E-state index in [1.807, 2.05) is 18.2 Å². The van der Waals surface area contributed by atoms with Crippen molar-refractivity contribution in [2.75, 3.05) is 0 Å². The third-order valence-corrected chi connectivity index (χ3v) is 5.12. The Morgan fingerprint density at radius 2 is 1.71 bits per heavy atom. The Morgan fingerprint density at radius 3 is 2.38 bits per heavy atom. The van der Waals surface area contributed by atoms with Crippen LogP contribution in [0.5, 0.6) is 11.5 Å². The topological polar surface area (TPSA) is 40.5 Å². The van der Waals surface area contributed by atoms with Gasteiger partial charge in [-0.15, -0.1) is 0 Å². The molecule has 1 aliphatic carbocycles. The highest BCUT2D eigenvalue weighted by Gasteiger charge is 2.39. The van der Waals surface area contributed by atoms with Crippen molar-refractivity contribution in [1.82, 2.24) is 0 Å². The number of rotatable bonds is 2. The molecule has 0 saturated carbocycles. The second-order valence-corrected chi connectivity index (χ2v) is 6.31. The average Bonchev–Trinajstić information content (AvgIpc) is 2.48. The summed E-state index contributed by atoms with van der Waals surface area (Å²) in [6.45, 7) is 4.55. The van der Waals surface area contributed by atoms with Gasteiger partial charge in [0.25, 0.3) is 0 Å². The van der Waals surface area contributed by atoms with Crippen LogP contribution in [0.3, 0.4) is 0 Å². The van der Waals surface area contributed by atoms with Crippen LogP contribution in [0.2, 0.25) is 0 Å². The monoisotopic (exact) mass is 282 g/mol. The van der Waals surface area contributed by atoms with Gasteiger partial charge in [0.1, 0.15) is 11.5 Å². The normalized spacial score (nSPS) is 24.6. The molecule has 0 fully saturated rings. The molecule has 2 atom stereocenters. The second-order valence-electron chi connectivity index (χ2n) is 6.31. The predicted molar refractivity (Wildman–Crippen MR) is 84.9 cm³/mol. The standard InChI is InChI=1S/C19H22O2/c1-3-18-17-9-8-16(21)12-13(17)10-11-19(18,2)14-4-6-15(20)7-5-14/h4-9,12,18,20-21H,3,10-11H2,1-2H3. The van der Waals surface area contributed by atoms with Crippen molar-refractivity contribution in [1.29, 1.82) is 0 Å². The Hall–Kier alpha value is -1.96. The minimum absolute atomic E-state index is 0.0758. The van der Waals surface area contributed by atoms with Gasteiger partial charge in [-0.2, -0.15) is 0 Å². The summed E-state index contributed by atoms with van der Waals surface area (Å²) < 4.78 is 0. The van der Waals surface area contributed by atoms with Crippen LogP contribution in [-0.4, -0.2) is 10.2 Å². The zero-order chi connectivity index (χ0) is 15.0. The first kappa shape index (κ1) is 14.0. The van der Waals surface area contributed by atoms with E-state index >= 15 is 0 Å². The number of hydrogen-bond donors (Lipinski definition) is 2. The van der Waals surface area contributed by atoms with Crippen LogP contribution in [-0.2, 0) is 11.8 Å². The average molecular weight is 282 g/mol. The van der Waals surface area contributed by atoms with Crippen molar-refractivity contribution < 1.29 is 10.2 Å². The largest absolute Gasteiger partial charge is 0.508 e. The maximum Gasteiger partial charge on any atom is 0.115 e. The Balaban J connectivity index is 2.07. The van der Waals surface area contributed by atoms with Gasteiger partial charge < -0.3 is 10.2 Å². The molecular weight excluding hydrogens is 260 g/mol. The Kier molecular flexibility index (Phi) is 3.40. The van der Waals surface area contributed by atoms with Crippen LogP contribution < -0.4 is 0 Å². The van der Waals surface area contributed by atoms with Gasteiger partial charge in [-0.25, -0.2) is 0 Å². The lowest BCUT2D eigenvalue weighted by Crippen LogP contribution is -2.35. The SMILES string of the molecule is CCC1c2ccc(O)cc2CCC1(C)c1ccc(O)cc1. The number of fused-ring (bicyclic) bond motifs is 1. The van der Waals surface area contributed by atoms with Gasteiger partial charge in [-0.05, 0) is 71.6 Å². The summed E-state index contributed by atoms with van der Waals surface area (Å²) in [5, 5.41) is 19.2. The van der Waals surface area contributed by atoms with Gasteiger partial charge in [0, 0.05) is 0 Å². The quantitative estimate of drug-likeness (QED) is 0.851. The van der Waals surface area contributed by atoms with Crippen LogP contribution in [0.15, 0.2) is 42.5 Å². The van der Waals surface area contributed by atoms with Crippen molar-refractivity contribution in [3.63, 3.8) is 0 Å². The molecule has 0 amide bonds. The van der Waals surface area contributed by atoms with E-state index in [1.54, 1.807) is 18.2 Å². The first-order chi connectivity index (χ1) is 10.0. The van der Waals surface area contributed by atoms with Gasteiger partial charge in [-0.1, -0.05) is 32.0 Å². The highest BCUT2D eigenvalue weighted by atomic mass is 16.3. The molecule has 0 saturated heterocycles. The van der Waals surface area contributed by atoms with Crippen molar-refractivity contribution in [3.8, 4) is 11.5 Å². The maximum absolute atomic E-state index is 9.70. The predicted octanol–water partition coefficient (Wildman–Crippen LogP) is 4.50. The smallest absolute Gasteiger partial charge is 0.115 e. The highest BCUT2D eigenvalue weighted by Crippen LogP contribution is 2.49. The molecule has 0 aromatic heterocycles. The minimum atomic E-state index is 0.0758. The van der Waals surface area contributed by atoms with Crippen molar-refractivity contribution >= 4 is 0 Å². The van der Waals surface area contributed by atoms with Crippen LogP contribution in [0, 0.1) is 0 Å². The van der Waals surface area contributed by atoms with Crippen molar-refractivity contribution in [2.45, 2.75) is 44.4 Å². The third kappa shape index (κ3) is 2.29. The summed E-state index contributed by atoms with van der Waals surface area (Å²) in [6.07, 6.45) is 3.11. The molecule has 3 rings (SSSR count). The molecular formula is C19H22O2. The number of hydrogen-bond acceptors (Lipinski definition) is 2. The first-order valence-corrected chi connectivity index (χ1v) is 7.66. The molecule has 0 heterocycles. The fourth-order valence-electron chi connectivity index (χ4n) is 3.92. The van der Waals surface area contributed by atoms with Gasteiger partial charge in [0.15, 0.2) is 0 Å². The van der Waals surface area contributed by atoms with E-state index in [1.165, 1.54) is 16.7 Å². The minimum Gasteiger partial charge on any atom is -0.508 e. The van der Waals surface area contributed by atoms with E-state index in [0.717, 1.165) is 19.3 Å². The van der Waals surface area contributed by atoms with E-state index in [4.69, 9.17) is 0 Å². The second kappa shape index (κ2) is 5.10. The van der Waals surface area contributed by atoms with E-state index in [2.05, 4.69) is 19.9 Å². The number of phenolic OH excluding ortho intramolecular Hbond substituents is 2. The molecule has 2 N–H and O–H groups in total. The molecule has 2 aromatic rings. The summed E-state index contributed by atoms with van der Waals surface area (Å²) in [5.41, 5.74) is 3.99. The summed E-state index contributed by atoms with van der Waals surface area (Å²) in [7, 11) is 0. The van der Waals surface area contributed by atoms with Crippen molar-refractivity contribution in [3.05, 3.63) is 59.2 Å². The van der Waals surface area contributed by atoms with Gasteiger partial charge in [0.2, 0.25) is 0 Å². The molecule has 2 unspecified atom stereocenters. The number of benzene rings is 2. The van der Waals surface area contributed by atoms with Gasteiger partial charge in [0.05, 0.1) is 0 Å². The number of aryl methyl sites for hydroxylation is 1. The summed E-state index contributed by atoms with van der Waals surface area (Å²) in [5.74, 6) is 1.11. The summed E-state index contributed by atoms with van der Waals surface area (Å²) in [4.78, 5) is 0. The molecule has 110 valence electrons. The molecule has 0 aliphatic heterocycles. The third-order valence-electron chi connectivity index (χ3n) is 5.12. The van der Waals surface area contributed by atoms with Gasteiger partial charge in [-0.3, -0.25) is 0 Å². The summed E-state index contributed by atoms with van der Waals surface area (Å²) >= 11 is 0. The lowest BCUT2D eigenvalue weighted by molar-refractivity contribution is 0.318. The molecule has 2 heteroatoms. The fraction of sp³-hybridized carbons (Fsp3) is 0.368. The maximum atomic E-state index is 9.70. The van der Waals surface area contributed by atoms with E-state index in [-0.39, 0.29) is 5.41 Å². The van der Waals surface area contributed by atoms with E-state index < -0.39 is 0 Å². The molecule has 0 radical (unpaired) electrons. The van der Waals surface area contributed by atoms with Crippen LogP contribution in [0.25, 0.3) is 0 Å². The Labute approximate surface area is 126 Å². The molecule has 21 heavy (non-hydrogen) atoms. The lowest BCUT2D eigenvalue weighted by atomic mass is 9.61. The van der Waals surface area contributed by atoms with Crippen LogP contribution in [0.4, 0.5) is 0 Å². The first-order valence-electron chi connectivity index (χ1n) is 7.66. The molecule has 1 aliphatic rings. The molecule has 2 aromatic carbocycles. The molecule has 0 spiro atoms. The zero-order valence-corrected chi connectivity index (χ0v) is 12.6. The van der Waals surface area contributed by atoms with Gasteiger partial charge >= 0.3 is 0 Å². The number of phenols is 2. The Morgan fingerprint density at radius 1 is 1.05 bits per heavy atom. The van der Waals surface area contributed by atoms with E-state index in [9.17, 15) is 10.2 Å². The molecule has 2 nitrogen and oxygen atoms in total. The fourth-order valence-corrected chi connectivity index (χ4v) is 3.92. The van der Waals surface area contributed by atoms with Crippen LogP contribution in [0.1, 0.15) is 49.3 Å².